The van der Waals surface area contributed by atoms with Crippen LogP contribution in [0.2, 0.25) is 0 Å². The first-order chi connectivity index (χ1) is 15.3. The van der Waals surface area contributed by atoms with E-state index in [9.17, 15) is 9.59 Å². The van der Waals surface area contributed by atoms with Gasteiger partial charge in [0.2, 0.25) is 5.91 Å². The lowest BCUT2D eigenvalue weighted by Crippen LogP contribution is -2.31. The quantitative estimate of drug-likeness (QED) is 0.572. The Kier molecular flexibility index (Phi) is 6.47. The Bertz CT molecular complexity index is 1170. The van der Waals surface area contributed by atoms with Crippen molar-refractivity contribution in [3.05, 3.63) is 50.6 Å². The molecule has 2 aromatic heterocycles. The Balaban J connectivity index is 1.50. The maximum absolute atomic E-state index is 13.2. The fourth-order valence-electron chi connectivity index (χ4n) is 4.44. The number of nitrogens with one attached hydrogen (secondary N) is 1. The number of amides is 1. The monoisotopic (exact) mass is 452 g/mol. The van der Waals surface area contributed by atoms with Gasteiger partial charge in [0.15, 0.2) is 4.83 Å². The van der Waals surface area contributed by atoms with Crippen molar-refractivity contribution in [2.75, 3.05) is 5.32 Å². The van der Waals surface area contributed by atoms with Gasteiger partial charge < -0.3 is 5.32 Å². The van der Waals surface area contributed by atoms with Crippen LogP contribution in [0.15, 0.2) is 29.1 Å². The number of aromatic nitrogens is 3. The average Bonchev–Trinajstić information content (AvgIpc) is 3.13. The molecule has 0 radical (unpaired) electrons. The van der Waals surface area contributed by atoms with Crippen LogP contribution in [-0.2, 0) is 30.6 Å². The van der Waals surface area contributed by atoms with E-state index in [1.165, 1.54) is 15.1 Å². The van der Waals surface area contributed by atoms with E-state index >= 15 is 0 Å². The Morgan fingerprint density at radius 2 is 2.00 bits per heavy atom. The molecule has 1 aliphatic rings. The topological polar surface area (TPSA) is 76.9 Å². The zero-order valence-electron chi connectivity index (χ0n) is 19.4. The van der Waals surface area contributed by atoms with Gasteiger partial charge in [-0.15, -0.1) is 16.4 Å². The van der Waals surface area contributed by atoms with Crippen molar-refractivity contribution in [3.8, 4) is 0 Å². The number of unbranched alkanes of at least 4 members (excludes halogenated alkanes) is 1. The lowest BCUT2D eigenvalue weighted by molar-refractivity contribution is -0.117. The number of benzene rings is 1. The third-order valence-corrected chi connectivity index (χ3v) is 7.65. The minimum atomic E-state index is -0.279. The number of carbonyl (C=O) groups is 1. The summed E-state index contributed by atoms with van der Waals surface area (Å²) in [6.45, 7) is 8.86. The first kappa shape index (κ1) is 22.6. The first-order valence-electron chi connectivity index (χ1n) is 11.5. The Labute approximate surface area is 193 Å². The summed E-state index contributed by atoms with van der Waals surface area (Å²) >= 11 is 1.58. The van der Waals surface area contributed by atoms with E-state index < -0.39 is 0 Å². The number of rotatable bonds is 6. The highest BCUT2D eigenvalue weighted by molar-refractivity contribution is 7.18. The third-order valence-electron chi connectivity index (χ3n) is 6.51. The summed E-state index contributed by atoms with van der Waals surface area (Å²) in [6.07, 6.45) is 6.28. The van der Waals surface area contributed by atoms with Crippen LogP contribution in [0.4, 0.5) is 5.69 Å². The molecule has 1 aromatic carbocycles. The molecule has 170 valence electrons. The normalized spacial score (nSPS) is 16.2. The number of aryl methyl sites for hydroxylation is 2. The first-order valence-corrected chi connectivity index (χ1v) is 12.3. The van der Waals surface area contributed by atoms with E-state index in [0.29, 0.717) is 16.1 Å². The number of thiophene rings is 1. The van der Waals surface area contributed by atoms with Gasteiger partial charge in [0.05, 0.1) is 5.39 Å². The molecule has 2 heterocycles. The second-order valence-electron chi connectivity index (χ2n) is 9.89. The van der Waals surface area contributed by atoms with Crippen LogP contribution in [0, 0.1) is 11.3 Å². The molecule has 4 rings (SSSR count). The largest absolute Gasteiger partial charge is 0.324 e. The molecule has 0 saturated carbocycles. The van der Waals surface area contributed by atoms with E-state index in [-0.39, 0.29) is 23.4 Å². The smallest absolute Gasteiger partial charge is 0.279 e. The van der Waals surface area contributed by atoms with Gasteiger partial charge in [0.1, 0.15) is 6.54 Å². The van der Waals surface area contributed by atoms with E-state index in [4.69, 9.17) is 0 Å². The van der Waals surface area contributed by atoms with E-state index in [2.05, 4.69) is 43.3 Å². The zero-order chi connectivity index (χ0) is 22.9. The summed E-state index contributed by atoms with van der Waals surface area (Å²) in [7, 11) is 0. The van der Waals surface area contributed by atoms with Gasteiger partial charge >= 0.3 is 0 Å². The highest BCUT2D eigenvalue weighted by Gasteiger charge is 2.32. The van der Waals surface area contributed by atoms with E-state index in [0.717, 1.165) is 49.8 Å². The zero-order valence-corrected chi connectivity index (χ0v) is 20.2. The molecule has 6 nitrogen and oxygen atoms in total. The van der Waals surface area contributed by atoms with Crippen molar-refractivity contribution in [3.63, 3.8) is 0 Å². The molecular formula is C25H32N4O2S. The number of hydrogen-bond acceptors (Lipinski definition) is 5. The van der Waals surface area contributed by atoms with Gasteiger partial charge in [-0.25, -0.2) is 4.68 Å². The Morgan fingerprint density at radius 3 is 2.69 bits per heavy atom. The Hall–Kier alpha value is -2.54. The fraction of sp³-hybridized carbons (Fsp3) is 0.520. The SMILES string of the molecule is CCCCc1ccc(NC(=O)Cn2nnc3sc4c(c3c2=O)CCC(C(C)(C)C)C4)cc1. The maximum atomic E-state index is 13.2. The van der Waals surface area contributed by atoms with Crippen LogP contribution in [0.1, 0.15) is 63.0 Å². The Morgan fingerprint density at radius 1 is 1.25 bits per heavy atom. The third kappa shape index (κ3) is 4.77. The summed E-state index contributed by atoms with van der Waals surface area (Å²) in [6, 6.07) is 7.88. The fourth-order valence-corrected chi connectivity index (χ4v) is 5.68. The van der Waals surface area contributed by atoms with Crippen molar-refractivity contribution < 1.29 is 4.79 Å². The molecule has 0 fully saturated rings. The summed E-state index contributed by atoms with van der Waals surface area (Å²) in [5, 5.41) is 11.9. The molecule has 1 unspecified atom stereocenters. The van der Waals surface area contributed by atoms with Crippen molar-refractivity contribution in [2.24, 2.45) is 11.3 Å². The van der Waals surface area contributed by atoms with Gasteiger partial charge in [-0.1, -0.05) is 51.5 Å². The summed E-state index contributed by atoms with van der Waals surface area (Å²) in [5.74, 6) is 0.316. The van der Waals surface area contributed by atoms with Crippen LogP contribution < -0.4 is 10.9 Å². The number of carbonyl (C=O) groups excluding carboxylic acids is 1. The van der Waals surface area contributed by atoms with Gasteiger partial charge in [0.25, 0.3) is 5.56 Å². The van der Waals surface area contributed by atoms with Crippen molar-refractivity contribution in [2.45, 2.75) is 72.8 Å². The van der Waals surface area contributed by atoms with Gasteiger partial charge in [0, 0.05) is 10.6 Å². The molecule has 7 heteroatoms. The van der Waals surface area contributed by atoms with Crippen LogP contribution in [0.5, 0.6) is 0 Å². The van der Waals surface area contributed by atoms with E-state index in [1.54, 1.807) is 11.3 Å². The standard InChI is InChI=1S/C25H32N4O2S/c1-5-6-7-16-8-11-18(12-9-16)26-21(30)15-29-24(31)22-19-13-10-17(25(2,3)4)14-20(19)32-23(22)27-28-29/h8-9,11-12,17H,5-7,10,13-15H2,1-4H3,(H,26,30). The van der Waals surface area contributed by atoms with Crippen LogP contribution in [-0.4, -0.2) is 20.9 Å². The predicted molar refractivity (Wildman–Crippen MR) is 130 cm³/mol. The van der Waals surface area contributed by atoms with Gasteiger partial charge in [-0.3, -0.25) is 9.59 Å². The van der Waals surface area contributed by atoms with Crippen molar-refractivity contribution in [1.82, 2.24) is 15.0 Å². The van der Waals surface area contributed by atoms with Crippen LogP contribution in [0.25, 0.3) is 10.2 Å². The molecule has 1 N–H and O–H groups in total. The molecule has 32 heavy (non-hydrogen) atoms. The lowest BCUT2D eigenvalue weighted by Gasteiger charge is -2.33. The molecular weight excluding hydrogens is 420 g/mol. The molecule has 0 spiro atoms. The average molecular weight is 453 g/mol. The predicted octanol–water partition coefficient (Wildman–Crippen LogP) is 4.99. The molecule has 1 atom stereocenters. The molecule has 1 amide bonds. The second kappa shape index (κ2) is 9.14. The van der Waals surface area contributed by atoms with Crippen molar-refractivity contribution in [1.29, 1.82) is 0 Å². The van der Waals surface area contributed by atoms with Gasteiger partial charge in [-0.05, 0) is 66.7 Å². The number of hydrogen-bond donors (Lipinski definition) is 1. The van der Waals surface area contributed by atoms with E-state index in [1.807, 2.05) is 24.3 Å². The summed E-state index contributed by atoms with van der Waals surface area (Å²) < 4.78 is 1.19. The van der Waals surface area contributed by atoms with Gasteiger partial charge in [-0.2, -0.15) is 0 Å². The second-order valence-corrected chi connectivity index (χ2v) is 11.0. The lowest BCUT2D eigenvalue weighted by atomic mass is 9.72. The highest BCUT2D eigenvalue weighted by atomic mass is 32.1. The number of nitrogens with zero attached hydrogens (tertiary/aromatic N) is 3. The molecule has 3 aromatic rings. The summed E-state index contributed by atoms with van der Waals surface area (Å²) in [4.78, 5) is 27.7. The number of anilines is 1. The molecule has 0 bridgehead atoms. The summed E-state index contributed by atoms with van der Waals surface area (Å²) in [5.41, 5.74) is 3.12. The van der Waals surface area contributed by atoms with Crippen LogP contribution >= 0.6 is 11.3 Å². The maximum Gasteiger partial charge on any atom is 0.279 e. The van der Waals surface area contributed by atoms with Crippen LogP contribution in [0.3, 0.4) is 0 Å². The molecule has 0 saturated heterocycles. The molecule has 1 aliphatic carbocycles. The molecule has 0 aliphatic heterocycles. The number of fused-ring (bicyclic) bond motifs is 3. The minimum absolute atomic E-state index is 0.144. The highest BCUT2D eigenvalue weighted by Crippen LogP contribution is 2.41. The minimum Gasteiger partial charge on any atom is -0.324 e. The van der Waals surface area contributed by atoms with Crippen molar-refractivity contribution >= 4 is 33.1 Å².